The van der Waals surface area contributed by atoms with Gasteiger partial charge in [-0.05, 0) is 24.3 Å². The van der Waals surface area contributed by atoms with E-state index in [9.17, 15) is 4.79 Å². The molecule has 0 fully saturated rings. The number of halogens is 1. The summed E-state index contributed by atoms with van der Waals surface area (Å²) < 4.78 is 0. The number of aliphatic hydroxyl groups excluding tert-OH is 1. The van der Waals surface area contributed by atoms with Crippen LogP contribution in [0.25, 0.3) is 0 Å². The lowest BCUT2D eigenvalue weighted by molar-refractivity contribution is 0.231. The highest BCUT2D eigenvalue weighted by molar-refractivity contribution is 7.98. The molecule has 1 rings (SSSR count). The fourth-order valence-electron chi connectivity index (χ4n) is 1.61. The molecule has 0 aliphatic carbocycles. The van der Waals surface area contributed by atoms with Crippen LogP contribution in [0, 0.1) is 0 Å². The van der Waals surface area contributed by atoms with Crippen LogP contribution in [0.15, 0.2) is 24.3 Å². The number of hydrogen-bond acceptors (Lipinski definition) is 3. The molecule has 6 heteroatoms. The molecule has 19 heavy (non-hydrogen) atoms. The fraction of sp³-hybridized carbons (Fsp3) is 0.462. The van der Waals surface area contributed by atoms with Crippen molar-refractivity contribution in [2.24, 2.45) is 0 Å². The molecule has 106 valence electrons. The molecule has 0 aromatic heterocycles. The molecule has 2 amide bonds. The van der Waals surface area contributed by atoms with Gasteiger partial charge in [-0.25, -0.2) is 4.79 Å². The SMILES string of the molecule is CSCC(CCO)NC(=O)NCc1ccccc1Cl. The number of rotatable bonds is 7. The Bertz CT molecular complexity index is 398. The second-order valence-corrected chi connectivity index (χ2v) is 5.40. The predicted molar refractivity (Wildman–Crippen MR) is 80.7 cm³/mol. The van der Waals surface area contributed by atoms with Gasteiger partial charge in [-0.2, -0.15) is 11.8 Å². The molecule has 0 aliphatic heterocycles. The van der Waals surface area contributed by atoms with Crippen molar-refractivity contribution in [3.05, 3.63) is 34.9 Å². The standard InChI is InChI=1S/C13H19ClN2O2S/c1-19-9-11(6-7-17)16-13(18)15-8-10-4-2-3-5-12(10)14/h2-5,11,17H,6-9H2,1H3,(H2,15,16,18). The van der Waals surface area contributed by atoms with E-state index < -0.39 is 0 Å². The summed E-state index contributed by atoms with van der Waals surface area (Å²) in [6.07, 6.45) is 2.52. The summed E-state index contributed by atoms with van der Waals surface area (Å²) in [7, 11) is 0. The van der Waals surface area contributed by atoms with E-state index in [0.29, 0.717) is 18.0 Å². The Hall–Kier alpha value is -0.910. The Morgan fingerprint density at radius 3 is 2.84 bits per heavy atom. The molecular formula is C13H19ClN2O2S. The van der Waals surface area contributed by atoms with Gasteiger partial charge in [0.05, 0.1) is 0 Å². The topological polar surface area (TPSA) is 61.4 Å². The maximum atomic E-state index is 11.7. The molecule has 0 heterocycles. The zero-order chi connectivity index (χ0) is 14.1. The number of amides is 2. The van der Waals surface area contributed by atoms with Gasteiger partial charge in [-0.3, -0.25) is 0 Å². The lowest BCUT2D eigenvalue weighted by Crippen LogP contribution is -2.43. The van der Waals surface area contributed by atoms with Crippen molar-refractivity contribution in [3.63, 3.8) is 0 Å². The smallest absolute Gasteiger partial charge is 0.315 e. The second kappa shape index (κ2) is 9.07. The van der Waals surface area contributed by atoms with Crippen LogP contribution in [0.4, 0.5) is 4.79 Å². The van der Waals surface area contributed by atoms with Crippen LogP contribution >= 0.6 is 23.4 Å². The van der Waals surface area contributed by atoms with Crippen molar-refractivity contribution in [1.82, 2.24) is 10.6 Å². The van der Waals surface area contributed by atoms with E-state index in [1.807, 2.05) is 24.5 Å². The molecule has 0 spiro atoms. The zero-order valence-corrected chi connectivity index (χ0v) is 12.4. The zero-order valence-electron chi connectivity index (χ0n) is 10.9. The molecule has 0 aliphatic rings. The predicted octanol–water partition coefficient (Wildman–Crippen LogP) is 2.25. The summed E-state index contributed by atoms with van der Waals surface area (Å²) in [5.74, 6) is 0.778. The summed E-state index contributed by atoms with van der Waals surface area (Å²) in [4.78, 5) is 11.7. The van der Waals surface area contributed by atoms with Gasteiger partial charge < -0.3 is 15.7 Å². The van der Waals surface area contributed by atoms with Gasteiger partial charge in [-0.15, -0.1) is 0 Å². The molecule has 3 N–H and O–H groups in total. The van der Waals surface area contributed by atoms with Gasteiger partial charge in [-0.1, -0.05) is 29.8 Å². The number of carbonyl (C=O) groups is 1. The molecule has 0 radical (unpaired) electrons. The summed E-state index contributed by atoms with van der Waals surface area (Å²) in [5, 5.41) is 15.2. The first kappa shape index (κ1) is 16.1. The van der Waals surface area contributed by atoms with E-state index in [1.54, 1.807) is 17.8 Å². The Kier molecular flexibility index (Phi) is 7.70. The summed E-state index contributed by atoms with van der Waals surface area (Å²) in [6, 6.07) is 7.12. The first-order valence-corrected chi connectivity index (χ1v) is 7.82. The van der Waals surface area contributed by atoms with E-state index in [2.05, 4.69) is 10.6 Å². The largest absolute Gasteiger partial charge is 0.396 e. The Labute approximate surface area is 122 Å². The number of hydrogen-bond donors (Lipinski definition) is 3. The van der Waals surface area contributed by atoms with Crippen LogP contribution in [-0.2, 0) is 6.54 Å². The lowest BCUT2D eigenvalue weighted by Gasteiger charge is -2.17. The molecule has 1 aromatic rings. The van der Waals surface area contributed by atoms with Gasteiger partial charge in [0.25, 0.3) is 0 Å². The molecule has 0 saturated carbocycles. The first-order valence-electron chi connectivity index (χ1n) is 6.05. The average molecular weight is 303 g/mol. The van der Waals surface area contributed by atoms with Gasteiger partial charge in [0, 0.05) is 30.0 Å². The Morgan fingerprint density at radius 2 is 2.21 bits per heavy atom. The van der Waals surface area contributed by atoms with Gasteiger partial charge in [0.2, 0.25) is 0 Å². The van der Waals surface area contributed by atoms with Crippen LogP contribution in [0.2, 0.25) is 5.02 Å². The van der Waals surface area contributed by atoms with Crippen molar-refractivity contribution in [2.75, 3.05) is 18.6 Å². The summed E-state index contributed by atoms with van der Waals surface area (Å²) >= 11 is 7.64. The first-order chi connectivity index (χ1) is 9.17. The molecule has 0 saturated heterocycles. The normalized spacial score (nSPS) is 11.9. The van der Waals surface area contributed by atoms with E-state index in [1.165, 1.54) is 0 Å². The van der Waals surface area contributed by atoms with Crippen LogP contribution in [0.5, 0.6) is 0 Å². The minimum absolute atomic E-state index is 0.0220. The number of carbonyl (C=O) groups excluding carboxylic acids is 1. The van der Waals surface area contributed by atoms with Crippen molar-refractivity contribution in [2.45, 2.75) is 19.0 Å². The molecule has 1 atom stereocenters. The van der Waals surface area contributed by atoms with E-state index in [0.717, 1.165) is 11.3 Å². The third-order valence-electron chi connectivity index (χ3n) is 2.58. The highest BCUT2D eigenvalue weighted by Crippen LogP contribution is 2.14. The summed E-state index contributed by atoms with van der Waals surface area (Å²) in [5.41, 5.74) is 0.878. The van der Waals surface area contributed by atoms with Crippen LogP contribution in [0.1, 0.15) is 12.0 Å². The maximum Gasteiger partial charge on any atom is 0.315 e. The number of nitrogens with one attached hydrogen (secondary N) is 2. The lowest BCUT2D eigenvalue weighted by atomic mass is 10.2. The highest BCUT2D eigenvalue weighted by Gasteiger charge is 2.11. The summed E-state index contributed by atoms with van der Waals surface area (Å²) in [6.45, 7) is 0.451. The quantitative estimate of drug-likeness (QED) is 0.724. The highest BCUT2D eigenvalue weighted by atomic mass is 35.5. The van der Waals surface area contributed by atoms with Crippen LogP contribution < -0.4 is 10.6 Å². The van der Waals surface area contributed by atoms with Gasteiger partial charge in [0.15, 0.2) is 0 Å². The van der Waals surface area contributed by atoms with Gasteiger partial charge >= 0.3 is 6.03 Å². The minimum Gasteiger partial charge on any atom is -0.396 e. The molecular weight excluding hydrogens is 284 g/mol. The van der Waals surface area contributed by atoms with Crippen LogP contribution in [-0.4, -0.2) is 35.8 Å². The van der Waals surface area contributed by atoms with Crippen LogP contribution in [0.3, 0.4) is 0 Å². The monoisotopic (exact) mass is 302 g/mol. The molecule has 4 nitrogen and oxygen atoms in total. The molecule has 1 unspecified atom stereocenters. The van der Waals surface area contributed by atoms with E-state index in [-0.39, 0.29) is 18.7 Å². The minimum atomic E-state index is -0.243. The van der Waals surface area contributed by atoms with Crippen molar-refractivity contribution < 1.29 is 9.90 Å². The number of benzene rings is 1. The maximum absolute atomic E-state index is 11.7. The van der Waals surface area contributed by atoms with Crippen molar-refractivity contribution in [1.29, 1.82) is 0 Å². The molecule has 0 bridgehead atoms. The second-order valence-electron chi connectivity index (χ2n) is 4.08. The van der Waals surface area contributed by atoms with Gasteiger partial charge in [0.1, 0.15) is 0 Å². The Balaban J connectivity index is 2.40. The van der Waals surface area contributed by atoms with Crippen molar-refractivity contribution >= 4 is 29.4 Å². The molecule has 1 aromatic carbocycles. The fourth-order valence-corrected chi connectivity index (χ4v) is 2.46. The van der Waals surface area contributed by atoms with E-state index >= 15 is 0 Å². The number of thioether (sulfide) groups is 1. The third kappa shape index (κ3) is 6.18. The van der Waals surface area contributed by atoms with E-state index in [4.69, 9.17) is 16.7 Å². The number of aliphatic hydroxyl groups is 1. The van der Waals surface area contributed by atoms with Crippen molar-refractivity contribution in [3.8, 4) is 0 Å². The number of urea groups is 1. The Morgan fingerprint density at radius 1 is 1.47 bits per heavy atom. The third-order valence-corrected chi connectivity index (χ3v) is 3.68. The average Bonchev–Trinajstić information content (AvgIpc) is 2.38.